The second kappa shape index (κ2) is 5.96. The van der Waals surface area contributed by atoms with E-state index in [0.717, 1.165) is 29.7 Å². The molecule has 1 atom stereocenters. The van der Waals surface area contributed by atoms with Gasteiger partial charge in [-0.25, -0.2) is 4.39 Å². The molecule has 0 aromatic heterocycles. The largest absolute Gasteiger partial charge is 0.369 e. The van der Waals surface area contributed by atoms with Gasteiger partial charge < -0.3 is 4.90 Å². The van der Waals surface area contributed by atoms with E-state index in [9.17, 15) is 4.39 Å². The third kappa shape index (κ3) is 2.88. The molecule has 0 bridgehead atoms. The summed E-state index contributed by atoms with van der Waals surface area (Å²) < 4.78 is 15.0. The topological polar surface area (TPSA) is 3.24 Å². The van der Waals surface area contributed by atoms with Crippen LogP contribution in [-0.2, 0) is 0 Å². The highest BCUT2D eigenvalue weighted by atomic mass is 79.9. The summed E-state index contributed by atoms with van der Waals surface area (Å²) in [5.41, 5.74) is 2.07. The molecule has 3 heteroatoms. The van der Waals surface area contributed by atoms with E-state index in [1.807, 2.05) is 12.1 Å². The zero-order chi connectivity index (χ0) is 13.9. The molecule has 1 aliphatic rings. The predicted molar refractivity (Wildman–Crippen MR) is 84.7 cm³/mol. The van der Waals surface area contributed by atoms with Crippen molar-refractivity contribution in [3.8, 4) is 0 Å². The fraction of sp³-hybridized carbons (Fsp3) is 0.294. The summed E-state index contributed by atoms with van der Waals surface area (Å²) in [4.78, 5) is 2.17. The van der Waals surface area contributed by atoms with Gasteiger partial charge in [0, 0.05) is 23.5 Å². The van der Waals surface area contributed by atoms with Crippen LogP contribution in [-0.4, -0.2) is 13.1 Å². The monoisotopic (exact) mass is 333 g/mol. The summed E-state index contributed by atoms with van der Waals surface area (Å²) in [6.07, 6.45) is 2.28. The highest BCUT2D eigenvalue weighted by Gasteiger charge is 2.22. The smallest absolute Gasteiger partial charge is 0.146 e. The number of anilines is 1. The molecule has 20 heavy (non-hydrogen) atoms. The zero-order valence-electron chi connectivity index (χ0n) is 11.2. The molecule has 1 heterocycles. The summed E-state index contributed by atoms with van der Waals surface area (Å²) in [6.45, 7) is 1.83. The Balaban J connectivity index is 1.80. The lowest BCUT2D eigenvalue weighted by Crippen LogP contribution is -2.34. The minimum absolute atomic E-state index is 0.121. The fourth-order valence-electron chi connectivity index (χ4n) is 2.91. The summed E-state index contributed by atoms with van der Waals surface area (Å²) >= 11 is 3.47. The standard InChI is InChI=1S/C17H17BrFN/c18-15-9-7-13(8-10-15)14-4-3-11-20(12-14)17-6-2-1-5-16(17)19/h1-2,5-10,14H,3-4,11-12H2. The van der Waals surface area contributed by atoms with E-state index in [1.54, 1.807) is 12.1 Å². The molecule has 2 aromatic carbocycles. The number of benzene rings is 2. The number of para-hydroxylation sites is 1. The van der Waals surface area contributed by atoms with Crippen molar-refractivity contribution in [3.05, 3.63) is 64.4 Å². The number of nitrogens with zero attached hydrogens (tertiary/aromatic N) is 1. The van der Waals surface area contributed by atoms with Gasteiger partial charge >= 0.3 is 0 Å². The van der Waals surface area contributed by atoms with Crippen molar-refractivity contribution in [1.82, 2.24) is 0 Å². The van der Waals surface area contributed by atoms with Crippen LogP contribution in [0.25, 0.3) is 0 Å². The van der Waals surface area contributed by atoms with Crippen molar-refractivity contribution in [2.24, 2.45) is 0 Å². The molecule has 3 rings (SSSR count). The molecule has 0 amide bonds. The normalized spacial score (nSPS) is 19.1. The number of hydrogen-bond donors (Lipinski definition) is 0. The van der Waals surface area contributed by atoms with E-state index in [2.05, 4.69) is 45.1 Å². The van der Waals surface area contributed by atoms with Crippen LogP contribution in [0.5, 0.6) is 0 Å². The van der Waals surface area contributed by atoms with E-state index in [-0.39, 0.29) is 5.82 Å². The van der Waals surface area contributed by atoms with Crippen molar-refractivity contribution in [3.63, 3.8) is 0 Å². The second-order valence-electron chi connectivity index (χ2n) is 5.29. The highest BCUT2D eigenvalue weighted by molar-refractivity contribution is 9.10. The molecule has 0 saturated carbocycles. The molecular formula is C17H17BrFN. The number of hydrogen-bond acceptors (Lipinski definition) is 1. The van der Waals surface area contributed by atoms with E-state index in [4.69, 9.17) is 0 Å². The van der Waals surface area contributed by atoms with Gasteiger partial charge in [-0.1, -0.05) is 40.2 Å². The average Bonchev–Trinajstić information content (AvgIpc) is 2.49. The van der Waals surface area contributed by atoms with Crippen LogP contribution in [0.4, 0.5) is 10.1 Å². The van der Waals surface area contributed by atoms with Crippen LogP contribution in [0.3, 0.4) is 0 Å². The maximum atomic E-state index is 13.9. The van der Waals surface area contributed by atoms with E-state index >= 15 is 0 Å². The van der Waals surface area contributed by atoms with Crippen molar-refractivity contribution >= 4 is 21.6 Å². The van der Waals surface area contributed by atoms with Gasteiger partial charge in [0.1, 0.15) is 5.82 Å². The molecule has 1 fully saturated rings. The van der Waals surface area contributed by atoms with Gasteiger partial charge in [-0.15, -0.1) is 0 Å². The van der Waals surface area contributed by atoms with Gasteiger partial charge in [0.2, 0.25) is 0 Å². The summed E-state index contributed by atoms with van der Waals surface area (Å²) in [5.74, 6) is 0.361. The van der Waals surface area contributed by atoms with Crippen molar-refractivity contribution in [2.75, 3.05) is 18.0 Å². The third-order valence-electron chi connectivity index (χ3n) is 3.96. The first-order chi connectivity index (χ1) is 9.74. The predicted octanol–water partition coefficient (Wildman–Crippen LogP) is 4.97. The van der Waals surface area contributed by atoms with E-state index < -0.39 is 0 Å². The molecule has 0 aliphatic carbocycles. The quantitative estimate of drug-likeness (QED) is 0.749. The van der Waals surface area contributed by atoms with Gasteiger partial charge in [-0.3, -0.25) is 0 Å². The van der Waals surface area contributed by atoms with Crippen LogP contribution in [0.15, 0.2) is 53.0 Å². The Morgan fingerprint density at radius 3 is 2.55 bits per heavy atom. The molecule has 0 radical (unpaired) electrons. The summed E-state index contributed by atoms with van der Waals surface area (Å²) in [6, 6.07) is 15.6. The first-order valence-corrected chi connectivity index (χ1v) is 7.78. The molecule has 0 N–H and O–H groups in total. The average molecular weight is 334 g/mol. The van der Waals surface area contributed by atoms with Crippen LogP contribution in [0, 0.1) is 5.82 Å². The van der Waals surface area contributed by atoms with Crippen LogP contribution in [0.1, 0.15) is 24.3 Å². The molecule has 1 unspecified atom stereocenters. The van der Waals surface area contributed by atoms with E-state index in [1.165, 1.54) is 12.0 Å². The summed E-state index contributed by atoms with van der Waals surface area (Å²) in [7, 11) is 0. The van der Waals surface area contributed by atoms with Crippen LogP contribution < -0.4 is 4.90 Å². The SMILES string of the molecule is Fc1ccccc1N1CCCC(c2ccc(Br)cc2)C1. The number of halogens is 2. The number of rotatable bonds is 2. The minimum Gasteiger partial charge on any atom is -0.369 e. The maximum Gasteiger partial charge on any atom is 0.146 e. The fourth-order valence-corrected chi connectivity index (χ4v) is 3.18. The molecular weight excluding hydrogens is 317 g/mol. The van der Waals surface area contributed by atoms with Crippen LogP contribution in [0.2, 0.25) is 0 Å². The molecule has 1 aliphatic heterocycles. The Labute approximate surface area is 127 Å². The highest BCUT2D eigenvalue weighted by Crippen LogP contribution is 2.31. The first kappa shape index (κ1) is 13.6. The third-order valence-corrected chi connectivity index (χ3v) is 4.48. The Kier molecular flexibility index (Phi) is 4.06. The lowest BCUT2D eigenvalue weighted by Gasteiger charge is -2.34. The number of piperidine rings is 1. The van der Waals surface area contributed by atoms with Gasteiger partial charge in [0.05, 0.1) is 5.69 Å². The second-order valence-corrected chi connectivity index (χ2v) is 6.20. The Bertz CT molecular complexity index is 582. The Hall–Kier alpha value is -1.35. The molecule has 1 saturated heterocycles. The minimum atomic E-state index is -0.121. The first-order valence-electron chi connectivity index (χ1n) is 6.99. The Morgan fingerprint density at radius 2 is 1.80 bits per heavy atom. The molecule has 104 valence electrons. The van der Waals surface area contributed by atoms with Gasteiger partial charge in [-0.2, -0.15) is 0 Å². The van der Waals surface area contributed by atoms with E-state index in [0.29, 0.717) is 5.92 Å². The lowest BCUT2D eigenvalue weighted by molar-refractivity contribution is 0.501. The maximum absolute atomic E-state index is 13.9. The van der Waals surface area contributed by atoms with Crippen molar-refractivity contribution < 1.29 is 4.39 Å². The van der Waals surface area contributed by atoms with Gasteiger partial charge in [0.25, 0.3) is 0 Å². The Morgan fingerprint density at radius 1 is 1.05 bits per heavy atom. The molecule has 0 spiro atoms. The molecule has 1 nitrogen and oxygen atoms in total. The molecule has 2 aromatic rings. The lowest BCUT2D eigenvalue weighted by atomic mass is 9.90. The van der Waals surface area contributed by atoms with Crippen LogP contribution >= 0.6 is 15.9 Å². The van der Waals surface area contributed by atoms with Gasteiger partial charge in [0.15, 0.2) is 0 Å². The zero-order valence-corrected chi connectivity index (χ0v) is 12.8. The van der Waals surface area contributed by atoms with Crippen molar-refractivity contribution in [2.45, 2.75) is 18.8 Å². The van der Waals surface area contributed by atoms with Crippen molar-refractivity contribution in [1.29, 1.82) is 0 Å². The van der Waals surface area contributed by atoms with Gasteiger partial charge in [-0.05, 0) is 42.7 Å². The summed E-state index contributed by atoms with van der Waals surface area (Å²) in [5, 5.41) is 0.